The van der Waals surface area contributed by atoms with Gasteiger partial charge in [-0.2, -0.15) is 0 Å². The molecule has 0 radical (unpaired) electrons. The predicted molar refractivity (Wildman–Crippen MR) is 60.4 cm³/mol. The van der Waals surface area contributed by atoms with E-state index in [-0.39, 0.29) is 0 Å². The fraction of sp³-hybridized carbons (Fsp3) is 0.364. The molecule has 1 aromatic carbocycles. The minimum atomic E-state index is -0.425. The topological polar surface area (TPSA) is 38.3 Å². The van der Waals surface area contributed by atoms with Crippen LogP contribution in [0.5, 0.6) is 5.75 Å². The smallest absolute Gasteiger partial charge is 0.410 e. The van der Waals surface area contributed by atoms with Crippen molar-refractivity contribution < 1.29 is 9.53 Å². The van der Waals surface area contributed by atoms with Gasteiger partial charge in [-0.1, -0.05) is 24.9 Å². The maximum Gasteiger partial charge on any atom is 0.412 e. The van der Waals surface area contributed by atoms with Gasteiger partial charge in [0.05, 0.1) is 0 Å². The first-order valence-corrected chi connectivity index (χ1v) is 5.31. The fourth-order valence-corrected chi connectivity index (χ4v) is 1.14. The highest BCUT2D eigenvalue weighted by Gasteiger charge is 2.02. The lowest BCUT2D eigenvalue weighted by molar-refractivity contribution is 0.200. The average molecular weight is 228 g/mol. The van der Waals surface area contributed by atoms with Gasteiger partial charge >= 0.3 is 6.09 Å². The summed E-state index contributed by atoms with van der Waals surface area (Å²) in [4.78, 5) is 11.2. The molecular weight excluding hydrogens is 214 g/mol. The summed E-state index contributed by atoms with van der Waals surface area (Å²) in [6, 6.07) is 6.66. The SMILES string of the molecule is CCCCNC(=O)Oc1ccc(Cl)cc1. The summed E-state index contributed by atoms with van der Waals surface area (Å²) >= 11 is 5.69. The first-order chi connectivity index (χ1) is 7.22. The van der Waals surface area contributed by atoms with Crippen LogP contribution in [0.4, 0.5) is 4.79 Å². The first kappa shape index (κ1) is 11.9. The summed E-state index contributed by atoms with van der Waals surface area (Å²) in [6.07, 6.45) is 1.57. The summed E-state index contributed by atoms with van der Waals surface area (Å²) < 4.78 is 5.01. The lowest BCUT2D eigenvalue weighted by atomic mass is 10.3. The summed E-state index contributed by atoms with van der Waals surface area (Å²) in [7, 11) is 0. The molecule has 1 aromatic rings. The number of halogens is 1. The molecule has 0 fully saturated rings. The monoisotopic (exact) mass is 227 g/mol. The molecule has 0 unspecified atom stereocenters. The molecule has 82 valence electrons. The van der Waals surface area contributed by atoms with Crippen molar-refractivity contribution in [1.82, 2.24) is 5.32 Å². The maximum atomic E-state index is 11.2. The van der Waals surface area contributed by atoms with E-state index in [0.717, 1.165) is 12.8 Å². The van der Waals surface area contributed by atoms with E-state index < -0.39 is 6.09 Å². The van der Waals surface area contributed by atoms with Crippen molar-refractivity contribution in [2.45, 2.75) is 19.8 Å². The molecule has 3 nitrogen and oxygen atoms in total. The highest BCUT2D eigenvalue weighted by Crippen LogP contribution is 2.15. The lowest BCUT2D eigenvalue weighted by Gasteiger charge is -2.05. The van der Waals surface area contributed by atoms with E-state index in [0.29, 0.717) is 17.3 Å². The van der Waals surface area contributed by atoms with Crippen LogP contribution in [0.25, 0.3) is 0 Å². The molecule has 0 aromatic heterocycles. The Kier molecular flexibility index (Phi) is 4.98. The van der Waals surface area contributed by atoms with Crippen LogP contribution in [0.3, 0.4) is 0 Å². The molecule has 4 heteroatoms. The second-order valence-corrected chi connectivity index (χ2v) is 3.56. The molecule has 1 amide bonds. The summed E-state index contributed by atoms with van der Waals surface area (Å²) in [6.45, 7) is 2.70. The summed E-state index contributed by atoms with van der Waals surface area (Å²) in [5.41, 5.74) is 0. The fourth-order valence-electron chi connectivity index (χ4n) is 1.01. The Labute approximate surface area is 94.4 Å². The maximum absolute atomic E-state index is 11.2. The van der Waals surface area contributed by atoms with E-state index in [4.69, 9.17) is 16.3 Å². The molecule has 0 aliphatic rings. The van der Waals surface area contributed by atoms with Gasteiger partial charge in [0.2, 0.25) is 0 Å². The van der Waals surface area contributed by atoms with Crippen LogP contribution in [-0.4, -0.2) is 12.6 Å². The Morgan fingerprint density at radius 2 is 2.07 bits per heavy atom. The second kappa shape index (κ2) is 6.30. The molecule has 0 aliphatic heterocycles. The molecule has 1 rings (SSSR count). The zero-order valence-electron chi connectivity index (χ0n) is 8.63. The van der Waals surface area contributed by atoms with E-state index in [9.17, 15) is 4.79 Å². The molecular formula is C11H14ClNO2. The number of benzene rings is 1. The van der Waals surface area contributed by atoms with E-state index in [1.165, 1.54) is 0 Å². The van der Waals surface area contributed by atoms with Crippen molar-refractivity contribution in [3.8, 4) is 5.75 Å². The van der Waals surface area contributed by atoms with Crippen molar-refractivity contribution in [2.24, 2.45) is 0 Å². The Bertz CT molecular complexity index is 311. The highest BCUT2D eigenvalue weighted by atomic mass is 35.5. The van der Waals surface area contributed by atoms with E-state index in [1.807, 2.05) is 0 Å². The number of amides is 1. The zero-order chi connectivity index (χ0) is 11.1. The zero-order valence-corrected chi connectivity index (χ0v) is 9.38. The van der Waals surface area contributed by atoms with Crippen molar-refractivity contribution in [1.29, 1.82) is 0 Å². The lowest BCUT2D eigenvalue weighted by Crippen LogP contribution is -2.27. The molecule has 0 bridgehead atoms. The van der Waals surface area contributed by atoms with E-state index in [1.54, 1.807) is 24.3 Å². The van der Waals surface area contributed by atoms with Crippen LogP contribution in [0.15, 0.2) is 24.3 Å². The minimum absolute atomic E-state index is 0.425. The third-order valence-corrected chi connectivity index (χ3v) is 2.08. The number of carbonyl (C=O) groups is 1. The molecule has 0 spiro atoms. The van der Waals surface area contributed by atoms with E-state index in [2.05, 4.69) is 12.2 Å². The Morgan fingerprint density at radius 3 is 2.67 bits per heavy atom. The predicted octanol–water partition coefficient (Wildman–Crippen LogP) is 3.23. The number of ether oxygens (including phenoxy) is 1. The third kappa shape index (κ3) is 4.70. The van der Waals surface area contributed by atoms with Gasteiger partial charge in [0.1, 0.15) is 5.75 Å². The van der Waals surface area contributed by atoms with Gasteiger partial charge in [-0.25, -0.2) is 4.79 Å². The van der Waals surface area contributed by atoms with Crippen molar-refractivity contribution in [3.05, 3.63) is 29.3 Å². The molecule has 0 saturated heterocycles. The van der Waals surface area contributed by atoms with Gasteiger partial charge in [-0.15, -0.1) is 0 Å². The summed E-state index contributed by atoms with van der Waals surface area (Å²) in [5.74, 6) is 0.494. The largest absolute Gasteiger partial charge is 0.412 e. The molecule has 0 atom stereocenters. The van der Waals surface area contributed by atoms with Crippen LogP contribution in [0.2, 0.25) is 5.02 Å². The Morgan fingerprint density at radius 1 is 1.40 bits per heavy atom. The van der Waals surface area contributed by atoms with Crippen molar-refractivity contribution >= 4 is 17.7 Å². The standard InChI is InChI=1S/C11H14ClNO2/c1-2-3-8-13-11(14)15-10-6-4-9(12)5-7-10/h4-7H,2-3,8H2,1H3,(H,13,14). The Balaban J connectivity index is 2.34. The second-order valence-electron chi connectivity index (χ2n) is 3.12. The van der Waals surface area contributed by atoms with Gasteiger partial charge in [-0.3, -0.25) is 0 Å². The number of nitrogens with one attached hydrogen (secondary N) is 1. The number of carbonyl (C=O) groups excluding carboxylic acids is 1. The summed E-state index contributed by atoms with van der Waals surface area (Å²) in [5, 5.41) is 3.27. The van der Waals surface area contributed by atoms with Crippen LogP contribution in [-0.2, 0) is 0 Å². The van der Waals surface area contributed by atoms with Gasteiger partial charge in [0.25, 0.3) is 0 Å². The molecule has 0 saturated carbocycles. The van der Waals surface area contributed by atoms with Crippen molar-refractivity contribution in [3.63, 3.8) is 0 Å². The number of unbranched alkanes of at least 4 members (excludes halogenated alkanes) is 1. The van der Waals surface area contributed by atoms with Crippen molar-refractivity contribution in [2.75, 3.05) is 6.54 Å². The van der Waals surface area contributed by atoms with Crippen LogP contribution in [0.1, 0.15) is 19.8 Å². The van der Waals surface area contributed by atoms with Crippen LogP contribution < -0.4 is 10.1 Å². The Hall–Kier alpha value is -1.22. The van der Waals surface area contributed by atoms with Gasteiger partial charge < -0.3 is 10.1 Å². The van der Waals surface area contributed by atoms with Gasteiger partial charge in [-0.05, 0) is 30.7 Å². The first-order valence-electron chi connectivity index (χ1n) is 4.93. The average Bonchev–Trinajstić information content (AvgIpc) is 2.22. The number of rotatable bonds is 4. The van der Waals surface area contributed by atoms with Gasteiger partial charge in [0, 0.05) is 11.6 Å². The molecule has 0 heterocycles. The quantitative estimate of drug-likeness (QED) is 0.802. The van der Waals surface area contributed by atoms with Crippen LogP contribution in [0, 0.1) is 0 Å². The third-order valence-electron chi connectivity index (χ3n) is 1.82. The number of hydrogen-bond acceptors (Lipinski definition) is 2. The van der Waals surface area contributed by atoms with Crippen LogP contribution >= 0.6 is 11.6 Å². The number of hydrogen-bond donors (Lipinski definition) is 1. The van der Waals surface area contributed by atoms with Gasteiger partial charge in [0.15, 0.2) is 0 Å². The highest BCUT2D eigenvalue weighted by molar-refractivity contribution is 6.30. The van der Waals surface area contributed by atoms with E-state index >= 15 is 0 Å². The molecule has 15 heavy (non-hydrogen) atoms. The minimum Gasteiger partial charge on any atom is -0.410 e. The molecule has 1 N–H and O–H groups in total. The molecule has 0 aliphatic carbocycles. The normalized spacial score (nSPS) is 9.73.